The van der Waals surface area contributed by atoms with E-state index in [0.29, 0.717) is 16.9 Å². The molecule has 1 aromatic carbocycles. The van der Waals surface area contributed by atoms with Crippen molar-refractivity contribution in [3.63, 3.8) is 0 Å². The molecule has 1 N–H and O–H groups in total. The first-order valence-corrected chi connectivity index (χ1v) is 8.26. The van der Waals surface area contributed by atoms with Crippen LogP contribution in [0.5, 0.6) is 0 Å². The average molecular weight is 356 g/mol. The van der Waals surface area contributed by atoms with Crippen LogP contribution < -0.4 is 5.32 Å². The molecule has 1 fully saturated rings. The highest BCUT2D eigenvalue weighted by Gasteiger charge is 2.18. The van der Waals surface area contributed by atoms with Crippen molar-refractivity contribution in [2.45, 2.75) is 26.3 Å². The lowest BCUT2D eigenvalue weighted by Gasteiger charge is -2.31. The summed E-state index contributed by atoms with van der Waals surface area (Å²) in [5, 5.41) is 14.3. The third-order valence-corrected chi connectivity index (χ3v) is 5.07. The van der Waals surface area contributed by atoms with Gasteiger partial charge in [-0.25, -0.2) is 0 Å². The molecule has 21 heavy (non-hydrogen) atoms. The number of halogens is 1. The van der Waals surface area contributed by atoms with Crippen LogP contribution in [0, 0.1) is 16.0 Å². The molecule has 1 aliphatic rings. The lowest BCUT2D eigenvalue weighted by atomic mass is 9.97. The maximum Gasteiger partial charge on any atom is 0.283 e. The zero-order valence-electron chi connectivity index (χ0n) is 12.3. The summed E-state index contributed by atoms with van der Waals surface area (Å²) in [6.07, 6.45) is 2.47. The number of benzene rings is 1. The molecule has 1 saturated heterocycles. The van der Waals surface area contributed by atoms with Gasteiger partial charge in [-0.2, -0.15) is 0 Å². The number of nitro groups is 1. The van der Waals surface area contributed by atoms with Gasteiger partial charge in [0.05, 0.1) is 9.40 Å². The van der Waals surface area contributed by atoms with Crippen molar-refractivity contribution < 1.29 is 4.92 Å². The molecule has 0 aliphatic carbocycles. The van der Waals surface area contributed by atoms with Crippen LogP contribution >= 0.6 is 15.9 Å². The first kappa shape index (κ1) is 16.4. The second-order valence-corrected chi connectivity index (χ2v) is 6.31. The summed E-state index contributed by atoms with van der Waals surface area (Å²) in [5.74, 6) is 0.713. The predicted molar refractivity (Wildman–Crippen MR) is 87.3 cm³/mol. The lowest BCUT2D eigenvalue weighted by Crippen LogP contribution is -2.37. The van der Waals surface area contributed by atoms with Crippen molar-refractivity contribution >= 4 is 21.6 Å². The molecule has 6 heteroatoms. The van der Waals surface area contributed by atoms with Crippen LogP contribution in [0.15, 0.2) is 22.7 Å². The first-order chi connectivity index (χ1) is 10.1. The van der Waals surface area contributed by atoms with E-state index in [0.717, 1.165) is 18.7 Å². The molecule has 0 atom stereocenters. The number of hydrogen-bond acceptors (Lipinski definition) is 4. The third kappa shape index (κ3) is 4.49. The van der Waals surface area contributed by atoms with Gasteiger partial charge in [0, 0.05) is 12.6 Å². The van der Waals surface area contributed by atoms with E-state index >= 15 is 0 Å². The summed E-state index contributed by atoms with van der Waals surface area (Å²) >= 11 is 3.34. The number of nitro benzene ring substituents is 1. The molecule has 0 amide bonds. The van der Waals surface area contributed by atoms with Crippen molar-refractivity contribution in [2.75, 3.05) is 26.2 Å². The number of rotatable bonds is 6. The molecule has 116 valence electrons. The Morgan fingerprint density at radius 3 is 2.76 bits per heavy atom. The zero-order chi connectivity index (χ0) is 15.2. The van der Waals surface area contributed by atoms with E-state index in [4.69, 9.17) is 0 Å². The van der Waals surface area contributed by atoms with Gasteiger partial charge >= 0.3 is 0 Å². The van der Waals surface area contributed by atoms with Gasteiger partial charge < -0.3 is 10.2 Å². The second-order valence-electron chi connectivity index (χ2n) is 5.52. The normalized spacial score (nSPS) is 17.0. The molecule has 0 unspecified atom stereocenters. The second kappa shape index (κ2) is 7.87. The van der Waals surface area contributed by atoms with E-state index in [1.165, 1.54) is 32.0 Å². The molecule has 0 aromatic heterocycles. The summed E-state index contributed by atoms with van der Waals surface area (Å²) in [4.78, 5) is 13.0. The molecule has 5 nitrogen and oxygen atoms in total. The van der Waals surface area contributed by atoms with Crippen molar-refractivity contribution in [3.8, 4) is 0 Å². The predicted octanol–water partition coefficient (Wildman–Crippen LogP) is 3.18. The monoisotopic (exact) mass is 355 g/mol. The van der Waals surface area contributed by atoms with Gasteiger partial charge in [0.15, 0.2) is 0 Å². The maximum atomic E-state index is 10.9. The highest BCUT2D eigenvalue weighted by atomic mass is 79.9. The van der Waals surface area contributed by atoms with E-state index in [1.807, 2.05) is 6.07 Å². The number of likely N-dealkylation sites (tertiary alicyclic amines) is 1. The third-order valence-electron chi connectivity index (χ3n) is 4.16. The minimum absolute atomic E-state index is 0.130. The summed E-state index contributed by atoms with van der Waals surface area (Å²) < 4.78 is 0.586. The van der Waals surface area contributed by atoms with E-state index in [9.17, 15) is 10.1 Å². The molecule has 0 radical (unpaired) electrons. The van der Waals surface area contributed by atoms with E-state index in [-0.39, 0.29) is 10.6 Å². The Bertz CT molecular complexity index is 488. The van der Waals surface area contributed by atoms with Crippen LogP contribution in [0.25, 0.3) is 0 Å². The van der Waals surface area contributed by atoms with Crippen LogP contribution in [0.2, 0.25) is 0 Å². The smallest absolute Gasteiger partial charge is 0.283 e. The summed E-state index contributed by atoms with van der Waals surface area (Å²) in [6, 6.07) is 5.18. The van der Waals surface area contributed by atoms with Crippen LogP contribution in [0.4, 0.5) is 5.69 Å². The van der Waals surface area contributed by atoms with Crippen LogP contribution in [-0.2, 0) is 6.54 Å². The fourth-order valence-electron chi connectivity index (χ4n) is 2.76. The number of nitrogens with one attached hydrogen (secondary N) is 1. The summed E-state index contributed by atoms with van der Waals surface area (Å²) in [6.45, 7) is 7.36. The minimum atomic E-state index is -0.353. The largest absolute Gasteiger partial charge is 0.312 e. The van der Waals surface area contributed by atoms with Crippen molar-refractivity contribution in [2.24, 2.45) is 5.92 Å². The highest BCUT2D eigenvalue weighted by Crippen LogP contribution is 2.28. The quantitative estimate of drug-likeness (QED) is 0.628. The minimum Gasteiger partial charge on any atom is -0.312 e. The molecule has 1 aliphatic heterocycles. The summed E-state index contributed by atoms with van der Waals surface area (Å²) in [5.41, 5.74) is 1.07. The molecule has 0 saturated carbocycles. The fourth-order valence-corrected chi connectivity index (χ4v) is 3.31. The SMILES string of the molecule is CCN1CCC(CNCc2cccc([N+](=O)[O-])c2Br)CC1. The highest BCUT2D eigenvalue weighted by molar-refractivity contribution is 9.10. The Balaban J connectivity index is 1.82. The Labute approximate surface area is 134 Å². The zero-order valence-corrected chi connectivity index (χ0v) is 13.9. The van der Waals surface area contributed by atoms with Gasteiger partial charge in [0.2, 0.25) is 0 Å². The number of piperidine rings is 1. The van der Waals surface area contributed by atoms with Crippen molar-refractivity contribution in [3.05, 3.63) is 38.3 Å². The van der Waals surface area contributed by atoms with Gasteiger partial charge in [-0.3, -0.25) is 10.1 Å². The molecule has 0 bridgehead atoms. The Morgan fingerprint density at radius 2 is 2.14 bits per heavy atom. The van der Waals surface area contributed by atoms with Gasteiger partial charge in [-0.05, 0) is 66.4 Å². The van der Waals surface area contributed by atoms with E-state index in [2.05, 4.69) is 33.1 Å². The first-order valence-electron chi connectivity index (χ1n) is 7.46. The Kier molecular flexibility index (Phi) is 6.14. The Hall–Kier alpha value is -0.980. The summed E-state index contributed by atoms with van der Waals surface area (Å²) in [7, 11) is 0. The van der Waals surface area contributed by atoms with Crippen LogP contribution in [0.3, 0.4) is 0 Å². The van der Waals surface area contributed by atoms with Gasteiger partial charge in [-0.15, -0.1) is 0 Å². The van der Waals surface area contributed by atoms with Crippen LogP contribution in [0.1, 0.15) is 25.3 Å². The number of nitrogens with zero attached hydrogens (tertiary/aromatic N) is 2. The molecule has 1 aromatic rings. The van der Waals surface area contributed by atoms with Gasteiger partial charge in [0.1, 0.15) is 0 Å². The van der Waals surface area contributed by atoms with Crippen molar-refractivity contribution in [1.29, 1.82) is 0 Å². The fraction of sp³-hybridized carbons (Fsp3) is 0.600. The molecular formula is C15H22BrN3O2. The van der Waals surface area contributed by atoms with E-state index in [1.54, 1.807) is 6.07 Å². The number of hydrogen-bond donors (Lipinski definition) is 1. The van der Waals surface area contributed by atoms with Gasteiger partial charge in [0.25, 0.3) is 5.69 Å². The van der Waals surface area contributed by atoms with Crippen LogP contribution in [-0.4, -0.2) is 36.0 Å². The molecular weight excluding hydrogens is 334 g/mol. The maximum absolute atomic E-state index is 10.9. The van der Waals surface area contributed by atoms with Crippen molar-refractivity contribution in [1.82, 2.24) is 10.2 Å². The van der Waals surface area contributed by atoms with E-state index < -0.39 is 0 Å². The van der Waals surface area contributed by atoms with Gasteiger partial charge in [-0.1, -0.05) is 19.1 Å². The Morgan fingerprint density at radius 1 is 1.43 bits per heavy atom. The molecule has 2 rings (SSSR count). The molecule has 0 spiro atoms. The molecule has 1 heterocycles. The standard InChI is InChI=1S/C15H22BrN3O2/c1-2-18-8-6-12(7-9-18)10-17-11-13-4-3-5-14(15(13)16)19(20)21/h3-5,12,17H,2,6-11H2,1H3. The average Bonchev–Trinajstić information content (AvgIpc) is 2.49. The topological polar surface area (TPSA) is 58.4 Å². The lowest BCUT2D eigenvalue weighted by molar-refractivity contribution is -0.385.